The molecule has 7 heteroatoms. The van der Waals surface area contributed by atoms with Gasteiger partial charge in [-0.2, -0.15) is 0 Å². The van der Waals surface area contributed by atoms with E-state index in [2.05, 4.69) is 18.7 Å². The highest BCUT2D eigenvalue weighted by Gasteiger charge is 2.37. The van der Waals surface area contributed by atoms with Gasteiger partial charge in [-0.25, -0.2) is 4.39 Å². The number of hydrogen-bond acceptors (Lipinski definition) is 5. The Morgan fingerprint density at radius 2 is 1.76 bits per heavy atom. The average Bonchev–Trinajstić information content (AvgIpc) is 3.08. The van der Waals surface area contributed by atoms with E-state index in [1.807, 2.05) is 29.2 Å². The van der Waals surface area contributed by atoms with Crippen LogP contribution in [-0.2, 0) is 4.79 Å². The van der Waals surface area contributed by atoms with Crippen LogP contribution in [0.5, 0.6) is 11.5 Å². The van der Waals surface area contributed by atoms with Gasteiger partial charge in [0.2, 0.25) is 0 Å². The Morgan fingerprint density at radius 3 is 2.39 bits per heavy atom. The lowest BCUT2D eigenvalue weighted by Crippen LogP contribution is -2.38. The summed E-state index contributed by atoms with van der Waals surface area (Å²) >= 11 is 0. The van der Waals surface area contributed by atoms with Gasteiger partial charge in [0.25, 0.3) is 0 Å². The van der Waals surface area contributed by atoms with Crippen molar-refractivity contribution in [2.75, 3.05) is 36.5 Å². The highest BCUT2D eigenvalue weighted by molar-refractivity contribution is 5.69. The molecule has 6 nitrogen and oxygen atoms in total. The van der Waals surface area contributed by atoms with Crippen LogP contribution in [0.3, 0.4) is 0 Å². The van der Waals surface area contributed by atoms with Gasteiger partial charge in [-0.1, -0.05) is 13.8 Å². The van der Waals surface area contributed by atoms with Gasteiger partial charge in [0.05, 0.1) is 19.2 Å². The molecule has 0 saturated carbocycles. The Balaban J connectivity index is 1.35. The third-order valence-electron chi connectivity index (χ3n) is 7.18. The van der Waals surface area contributed by atoms with Gasteiger partial charge in [0.15, 0.2) is 0 Å². The summed E-state index contributed by atoms with van der Waals surface area (Å²) in [5.74, 6) is 1.24. The average molecular weight is 457 g/mol. The van der Waals surface area contributed by atoms with Gasteiger partial charge < -0.3 is 24.4 Å². The number of carboxylic acid groups (broad SMARTS) is 1. The van der Waals surface area contributed by atoms with Gasteiger partial charge in [-0.3, -0.25) is 4.79 Å². The molecule has 0 radical (unpaired) electrons. The maximum atomic E-state index is 14.3. The molecule has 0 spiro atoms. The first-order chi connectivity index (χ1) is 15.9. The minimum absolute atomic E-state index is 0.00519. The number of ether oxygens (including phenoxy) is 2. The zero-order chi connectivity index (χ0) is 23.5. The molecule has 2 aliphatic rings. The summed E-state index contributed by atoms with van der Waals surface area (Å²) in [7, 11) is 1.58. The Morgan fingerprint density at radius 1 is 1.09 bits per heavy atom. The fraction of sp³-hybridized carbons (Fsp3) is 0.500. The Hall–Kier alpha value is -2.96. The SMILES string of the molecule is COc1ccc(F)c(N2CCC(Oc3ccc(N4CC(C)C(C)C4CC(=O)O)cc3)CC2)c1. The van der Waals surface area contributed by atoms with E-state index in [0.717, 1.165) is 30.8 Å². The number of nitrogens with zero attached hydrogens (tertiary/aromatic N) is 2. The van der Waals surface area contributed by atoms with Crippen molar-refractivity contribution in [1.29, 1.82) is 0 Å². The molecule has 2 aromatic rings. The van der Waals surface area contributed by atoms with E-state index < -0.39 is 5.97 Å². The van der Waals surface area contributed by atoms with Gasteiger partial charge in [0, 0.05) is 50.3 Å². The lowest BCUT2D eigenvalue weighted by Gasteiger charge is -2.34. The van der Waals surface area contributed by atoms with Crippen LogP contribution in [0.4, 0.5) is 15.8 Å². The number of aliphatic carboxylic acids is 1. The number of rotatable bonds is 7. The Bertz CT molecular complexity index is 959. The molecule has 2 heterocycles. The molecule has 0 aliphatic carbocycles. The molecule has 2 aromatic carbocycles. The van der Waals surface area contributed by atoms with Crippen LogP contribution in [0.15, 0.2) is 42.5 Å². The van der Waals surface area contributed by atoms with E-state index in [1.54, 1.807) is 19.2 Å². The molecule has 33 heavy (non-hydrogen) atoms. The van der Waals surface area contributed by atoms with E-state index in [0.29, 0.717) is 36.4 Å². The van der Waals surface area contributed by atoms with Gasteiger partial charge >= 0.3 is 5.97 Å². The van der Waals surface area contributed by atoms with Crippen molar-refractivity contribution in [3.05, 3.63) is 48.3 Å². The minimum atomic E-state index is -0.758. The summed E-state index contributed by atoms with van der Waals surface area (Å²) in [5.41, 5.74) is 1.61. The first kappa shape index (κ1) is 23.2. The van der Waals surface area contributed by atoms with E-state index in [4.69, 9.17) is 9.47 Å². The lowest BCUT2D eigenvalue weighted by molar-refractivity contribution is -0.137. The number of hydrogen-bond donors (Lipinski definition) is 1. The van der Waals surface area contributed by atoms with E-state index in [1.165, 1.54) is 6.07 Å². The number of benzene rings is 2. The first-order valence-corrected chi connectivity index (χ1v) is 11.7. The summed E-state index contributed by atoms with van der Waals surface area (Å²) in [6.45, 7) is 6.61. The minimum Gasteiger partial charge on any atom is -0.497 e. The van der Waals surface area contributed by atoms with Crippen molar-refractivity contribution in [2.24, 2.45) is 11.8 Å². The molecule has 1 N–H and O–H groups in total. The van der Waals surface area contributed by atoms with Crippen LogP contribution in [0.1, 0.15) is 33.1 Å². The molecule has 4 rings (SSSR count). The molecule has 0 amide bonds. The standard InChI is InChI=1S/C26H33FN2O4/c1-17-16-29(24(18(17)2)15-26(30)31)19-4-6-20(7-5-19)33-21-10-12-28(13-11-21)25-14-22(32-3)8-9-23(25)27/h4-9,14,17-18,21,24H,10-13,15-16H2,1-3H3,(H,30,31). The molecule has 3 atom stereocenters. The van der Waals surface area contributed by atoms with Crippen molar-refractivity contribution in [3.63, 3.8) is 0 Å². The number of carbonyl (C=O) groups is 1. The topological polar surface area (TPSA) is 62.2 Å². The molecule has 2 saturated heterocycles. The van der Waals surface area contributed by atoms with Crippen LogP contribution in [0.2, 0.25) is 0 Å². The number of carboxylic acids is 1. The monoisotopic (exact) mass is 456 g/mol. The van der Waals surface area contributed by atoms with Gasteiger partial charge in [0.1, 0.15) is 23.4 Å². The summed E-state index contributed by atoms with van der Waals surface area (Å²) in [6, 6.07) is 12.8. The predicted molar refractivity (Wildman–Crippen MR) is 127 cm³/mol. The number of piperidine rings is 1. The summed E-state index contributed by atoms with van der Waals surface area (Å²) in [5, 5.41) is 9.32. The molecular formula is C26H33FN2O4. The van der Waals surface area contributed by atoms with E-state index in [-0.39, 0.29) is 24.4 Å². The van der Waals surface area contributed by atoms with Crippen molar-refractivity contribution < 1.29 is 23.8 Å². The van der Waals surface area contributed by atoms with Crippen molar-refractivity contribution in [1.82, 2.24) is 0 Å². The maximum absolute atomic E-state index is 14.3. The summed E-state index contributed by atoms with van der Waals surface area (Å²) in [6.07, 6.45) is 1.84. The van der Waals surface area contributed by atoms with Crippen LogP contribution >= 0.6 is 0 Å². The van der Waals surface area contributed by atoms with E-state index in [9.17, 15) is 14.3 Å². The third-order valence-corrected chi connectivity index (χ3v) is 7.18. The van der Waals surface area contributed by atoms with Crippen molar-refractivity contribution >= 4 is 17.3 Å². The largest absolute Gasteiger partial charge is 0.497 e. The molecule has 2 aliphatic heterocycles. The molecule has 178 valence electrons. The second-order valence-corrected chi connectivity index (χ2v) is 9.27. The number of halogens is 1. The van der Waals surface area contributed by atoms with Crippen molar-refractivity contribution in [2.45, 2.75) is 45.3 Å². The summed E-state index contributed by atoms with van der Waals surface area (Å²) in [4.78, 5) is 15.6. The van der Waals surface area contributed by atoms with Crippen LogP contribution in [-0.4, -0.2) is 50.0 Å². The highest BCUT2D eigenvalue weighted by atomic mass is 19.1. The molecule has 3 unspecified atom stereocenters. The fourth-order valence-electron chi connectivity index (χ4n) is 5.03. The highest BCUT2D eigenvalue weighted by Crippen LogP contribution is 2.36. The maximum Gasteiger partial charge on any atom is 0.305 e. The molecular weight excluding hydrogens is 423 g/mol. The zero-order valence-corrected chi connectivity index (χ0v) is 19.5. The van der Waals surface area contributed by atoms with E-state index >= 15 is 0 Å². The van der Waals surface area contributed by atoms with Crippen molar-refractivity contribution in [3.8, 4) is 11.5 Å². The zero-order valence-electron chi connectivity index (χ0n) is 19.5. The Kier molecular flexibility index (Phi) is 6.96. The summed E-state index contributed by atoms with van der Waals surface area (Å²) < 4.78 is 25.7. The Labute approximate surface area is 194 Å². The number of anilines is 2. The van der Waals surface area contributed by atoms with Crippen LogP contribution < -0.4 is 19.3 Å². The normalized spacial score (nSPS) is 23.6. The predicted octanol–water partition coefficient (Wildman–Crippen LogP) is 4.82. The molecule has 2 fully saturated rings. The smallest absolute Gasteiger partial charge is 0.305 e. The van der Waals surface area contributed by atoms with Gasteiger partial charge in [-0.15, -0.1) is 0 Å². The first-order valence-electron chi connectivity index (χ1n) is 11.7. The van der Waals surface area contributed by atoms with Crippen LogP contribution in [0, 0.1) is 17.7 Å². The molecule has 0 bridgehead atoms. The second-order valence-electron chi connectivity index (χ2n) is 9.27. The molecule has 0 aromatic heterocycles. The quantitative estimate of drug-likeness (QED) is 0.645. The third kappa shape index (κ3) is 5.18. The van der Waals surface area contributed by atoms with Crippen LogP contribution in [0.25, 0.3) is 0 Å². The fourth-order valence-corrected chi connectivity index (χ4v) is 5.03. The lowest BCUT2D eigenvalue weighted by atomic mass is 9.92. The van der Waals surface area contributed by atoms with Gasteiger partial charge in [-0.05, 0) is 48.2 Å². The number of methoxy groups -OCH3 is 1. The second kappa shape index (κ2) is 9.89.